The quantitative estimate of drug-likeness (QED) is 0.711. The summed E-state index contributed by atoms with van der Waals surface area (Å²) >= 11 is 5.74. The van der Waals surface area contributed by atoms with Crippen molar-refractivity contribution in [3.8, 4) is 11.3 Å². The molecule has 82 valence electrons. The fourth-order valence-electron chi connectivity index (χ4n) is 1.23. The fraction of sp³-hybridized carbons (Fsp3) is 0.100. The van der Waals surface area contributed by atoms with Gasteiger partial charge in [-0.3, -0.25) is 14.3 Å². The van der Waals surface area contributed by atoms with E-state index in [1.807, 2.05) is 0 Å². The van der Waals surface area contributed by atoms with E-state index >= 15 is 0 Å². The highest BCUT2D eigenvalue weighted by atomic mass is 35.5. The number of halogens is 2. The van der Waals surface area contributed by atoms with Crippen LogP contribution in [0.5, 0.6) is 0 Å². The van der Waals surface area contributed by atoms with E-state index in [0.29, 0.717) is 0 Å². The molecule has 0 aliphatic rings. The summed E-state index contributed by atoms with van der Waals surface area (Å²) < 4.78 is 14.6. The summed E-state index contributed by atoms with van der Waals surface area (Å²) in [6.07, 6.45) is 2.48. The van der Waals surface area contributed by atoms with Gasteiger partial charge in [-0.1, -0.05) is 0 Å². The second-order valence-corrected chi connectivity index (χ2v) is 3.50. The molecule has 0 saturated carbocycles. The first kappa shape index (κ1) is 10.8. The van der Waals surface area contributed by atoms with Gasteiger partial charge in [0.15, 0.2) is 5.82 Å². The lowest BCUT2D eigenvalue weighted by Crippen LogP contribution is -2.17. The Balaban J connectivity index is 2.67. The second-order valence-electron chi connectivity index (χ2n) is 3.16. The molecule has 2 heterocycles. The largest absolute Gasteiger partial charge is 0.286 e. The third-order valence-corrected chi connectivity index (χ3v) is 2.47. The van der Waals surface area contributed by atoms with E-state index in [4.69, 9.17) is 11.6 Å². The first-order chi connectivity index (χ1) is 7.59. The van der Waals surface area contributed by atoms with Gasteiger partial charge in [0.2, 0.25) is 5.28 Å². The molecule has 0 atom stereocenters. The van der Waals surface area contributed by atoms with Crippen LogP contribution in [0.2, 0.25) is 5.28 Å². The number of rotatable bonds is 1. The number of hydrogen-bond acceptors (Lipinski definition) is 3. The van der Waals surface area contributed by atoms with Gasteiger partial charge in [-0.2, -0.15) is 0 Å². The Bertz CT molecular complexity index is 597. The van der Waals surface area contributed by atoms with E-state index in [1.165, 1.54) is 29.9 Å². The fourth-order valence-corrected chi connectivity index (χ4v) is 1.41. The van der Waals surface area contributed by atoms with Gasteiger partial charge in [0.1, 0.15) is 0 Å². The summed E-state index contributed by atoms with van der Waals surface area (Å²) in [4.78, 5) is 19.0. The predicted molar refractivity (Wildman–Crippen MR) is 57.7 cm³/mol. The van der Waals surface area contributed by atoms with E-state index in [0.717, 1.165) is 6.20 Å². The predicted octanol–water partition coefficient (Wildman–Crippen LogP) is 1.63. The van der Waals surface area contributed by atoms with Crippen LogP contribution in [-0.2, 0) is 7.05 Å². The molecule has 2 aromatic heterocycles. The van der Waals surface area contributed by atoms with Gasteiger partial charge in [0.25, 0.3) is 5.56 Å². The smallest absolute Gasteiger partial charge is 0.254 e. The molecule has 0 radical (unpaired) electrons. The zero-order valence-corrected chi connectivity index (χ0v) is 9.07. The van der Waals surface area contributed by atoms with Gasteiger partial charge in [0, 0.05) is 24.9 Å². The minimum atomic E-state index is -0.542. The number of hydrogen-bond donors (Lipinski definition) is 0. The highest BCUT2D eigenvalue weighted by Gasteiger charge is 2.09. The molecule has 0 saturated heterocycles. The Morgan fingerprint density at radius 1 is 1.50 bits per heavy atom. The first-order valence-electron chi connectivity index (χ1n) is 4.43. The van der Waals surface area contributed by atoms with Crippen LogP contribution in [0.1, 0.15) is 0 Å². The van der Waals surface area contributed by atoms with Crippen molar-refractivity contribution in [1.29, 1.82) is 0 Å². The molecule has 0 fully saturated rings. The first-order valence-corrected chi connectivity index (χ1v) is 4.81. The highest BCUT2D eigenvalue weighted by molar-refractivity contribution is 6.28. The van der Waals surface area contributed by atoms with Crippen molar-refractivity contribution in [2.45, 2.75) is 0 Å². The lowest BCUT2D eigenvalue weighted by atomic mass is 10.2. The van der Waals surface area contributed by atoms with Crippen LogP contribution < -0.4 is 5.56 Å². The summed E-state index contributed by atoms with van der Waals surface area (Å²) in [5.74, 6) is -0.542. The zero-order chi connectivity index (χ0) is 11.7. The van der Waals surface area contributed by atoms with E-state index in [2.05, 4.69) is 9.97 Å². The molecule has 2 aromatic rings. The zero-order valence-electron chi connectivity index (χ0n) is 8.32. The van der Waals surface area contributed by atoms with E-state index < -0.39 is 5.82 Å². The van der Waals surface area contributed by atoms with Gasteiger partial charge in [0.05, 0.1) is 11.9 Å². The van der Waals surface area contributed by atoms with Crippen molar-refractivity contribution in [3.05, 3.63) is 46.0 Å². The third kappa shape index (κ3) is 1.81. The number of nitrogens with zero attached hydrogens (tertiary/aromatic N) is 3. The van der Waals surface area contributed by atoms with Crippen molar-refractivity contribution in [1.82, 2.24) is 14.5 Å². The molecule has 0 aliphatic carbocycles. The summed E-state index contributed by atoms with van der Waals surface area (Å²) in [6, 6.07) is 2.66. The molecule has 0 amide bonds. The topological polar surface area (TPSA) is 47.8 Å². The van der Waals surface area contributed by atoms with E-state index in [9.17, 15) is 9.18 Å². The SMILES string of the molecule is Cn1c(Cl)nc(-c2ccncc2F)cc1=O. The van der Waals surface area contributed by atoms with E-state index in [-0.39, 0.29) is 22.1 Å². The number of aromatic nitrogens is 3. The molecular formula is C10H7ClFN3O. The Morgan fingerprint density at radius 2 is 2.25 bits per heavy atom. The van der Waals surface area contributed by atoms with Crippen LogP contribution >= 0.6 is 11.6 Å². The Morgan fingerprint density at radius 3 is 2.88 bits per heavy atom. The molecule has 0 spiro atoms. The molecule has 0 aliphatic heterocycles. The molecule has 6 heteroatoms. The molecule has 4 nitrogen and oxygen atoms in total. The van der Waals surface area contributed by atoms with Crippen molar-refractivity contribution < 1.29 is 4.39 Å². The molecule has 0 unspecified atom stereocenters. The van der Waals surface area contributed by atoms with Crippen LogP contribution in [0.4, 0.5) is 4.39 Å². The molecule has 0 bridgehead atoms. The van der Waals surface area contributed by atoms with Gasteiger partial charge >= 0.3 is 0 Å². The van der Waals surface area contributed by atoms with Crippen LogP contribution in [-0.4, -0.2) is 14.5 Å². The maximum Gasteiger partial charge on any atom is 0.254 e. The minimum Gasteiger partial charge on any atom is -0.286 e. The van der Waals surface area contributed by atoms with Crippen molar-refractivity contribution in [3.63, 3.8) is 0 Å². The third-order valence-electron chi connectivity index (χ3n) is 2.13. The summed E-state index contributed by atoms with van der Waals surface area (Å²) in [7, 11) is 1.49. The van der Waals surface area contributed by atoms with Crippen molar-refractivity contribution >= 4 is 11.6 Å². The molecular weight excluding hydrogens is 233 g/mol. The summed E-state index contributed by atoms with van der Waals surface area (Å²) in [5, 5.41) is 0.0127. The van der Waals surface area contributed by atoms with Crippen LogP contribution in [0.15, 0.2) is 29.3 Å². The van der Waals surface area contributed by atoms with Crippen LogP contribution in [0, 0.1) is 5.82 Å². The average molecular weight is 240 g/mol. The number of pyridine rings is 1. The minimum absolute atomic E-state index is 0.0127. The molecule has 0 N–H and O–H groups in total. The maximum absolute atomic E-state index is 13.4. The molecule has 2 rings (SSSR count). The Labute approximate surface area is 95.4 Å². The normalized spacial score (nSPS) is 10.4. The van der Waals surface area contributed by atoms with Crippen LogP contribution in [0.25, 0.3) is 11.3 Å². The summed E-state index contributed by atoms with van der Waals surface area (Å²) in [5.41, 5.74) is 0.0637. The molecule has 0 aromatic carbocycles. The highest BCUT2D eigenvalue weighted by Crippen LogP contribution is 2.19. The lowest BCUT2D eigenvalue weighted by molar-refractivity contribution is 0.624. The van der Waals surface area contributed by atoms with E-state index in [1.54, 1.807) is 0 Å². The monoisotopic (exact) mass is 239 g/mol. The lowest BCUT2D eigenvalue weighted by Gasteiger charge is -2.04. The van der Waals surface area contributed by atoms with Gasteiger partial charge in [-0.15, -0.1) is 0 Å². The molecule has 16 heavy (non-hydrogen) atoms. The van der Waals surface area contributed by atoms with Crippen LogP contribution in [0.3, 0.4) is 0 Å². The summed E-state index contributed by atoms with van der Waals surface area (Å²) in [6.45, 7) is 0. The standard InChI is InChI=1S/C10H7ClFN3O/c1-15-9(16)4-8(14-10(15)11)6-2-3-13-5-7(6)12/h2-5H,1H3. The maximum atomic E-state index is 13.4. The van der Waals surface area contributed by atoms with Gasteiger partial charge in [-0.05, 0) is 17.7 Å². The average Bonchev–Trinajstić information content (AvgIpc) is 2.26. The van der Waals surface area contributed by atoms with Crippen molar-refractivity contribution in [2.75, 3.05) is 0 Å². The van der Waals surface area contributed by atoms with Crippen molar-refractivity contribution in [2.24, 2.45) is 7.05 Å². The Hall–Kier alpha value is -1.75. The van der Waals surface area contributed by atoms with Gasteiger partial charge in [-0.25, -0.2) is 9.37 Å². The van der Waals surface area contributed by atoms with Gasteiger partial charge < -0.3 is 0 Å². The Kier molecular flexibility index (Phi) is 2.70. The second kappa shape index (κ2) is 4.02.